The summed E-state index contributed by atoms with van der Waals surface area (Å²) >= 11 is 0. The molecule has 2 fully saturated rings. The molecule has 47 heavy (non-hydrogen) atoms. The Bertz CT molecular complexity index is 1510. The van der Waals surface area contributed by atoms with E-state index in [0.717, 1.165) is 36.8 Å². The first-order valence-electron chi connectivity index (χ1n) is 15.7. The topological polar surface area (TPSA) is 184 Å². The molecule has 0 unspecified atom stereocenters. The van der Waals surface area contributed by atoms with Crippen LogP contribution in [0.15, 0.2) is 66.7 Å². The van der Waals surface area contributed by atoms with Gasteiger partial charge in [0, 0.05) is 51.8 Å². The minimum Gasteiger partial charge on any atom is -0.508 e. The van der Waals surface area contributed by atoms with Gasteiger partial charge in [-0.05, 0) is 29.7 Å². The number of ketones is 1. The van der Waals surface area contributed by atoms with Crippen molar-refractivity contribution in [2.45, 2.75) is 50.1 Å². The molecule has 12 heteroatoms. The number of phenols is 3. The number of carbonyl (C=O) groups is 1. The van der Waals surface area contributed by atoms with E-state index in [9.17, 15) is 40.5 Å². The van der Waals surface area contributed by atoms with Gasteiger partial charge in [-0.2, -0.15) is 0 Å². The second-order valence-corrected chi connectivity index (χ2v) is 11.9. The molecule has 0 bridgehead atoms. The Labute approximate surface area is 273 Å². The number of aliphatic hydroxyl groups is 4. The van der Waals surface area contributed by atoms with Crippen molar-refractivity contribution in [2.75, 3.05) is 39.3 Å². The number of hydrogen-bond acceptors (Lipinski definition) is 12. The van der Waals surface area contributed by atoms with Gasteiger partial charge in [0.1, 0.15) is 53.0 Å². The van der Waals surface area contributed by atoms with Crippen LogP contribution in [0.25, 0.3) is 6.08 Å². The number of aromatic hydroxyl groups is 3. The first kappa shape index (κ1) is 34.3. The first-order chi connectivity index (χ1) is 22.6. The highest BCUT2D eigenvalue weighted by atomic mass is 16.7. The molecule has 0 amide bonds. The predicted molar refractivity (Wildman–Crippen MR) is 172 cm³/mol. The fraction of sp³-hybridized carbons (Fsp3) is 0.400. The third-order valence-electron chi connectivity index (χ3n) is 8.61. The number of Topliss-reactive ketones (excluding diaryl/α,β-unsaturated/α-hetero) is 1. The molecule has 0 radical (unpaired) electrons. The zero-order chi connectivity index (χ0) is 33.5. The van der Waals surface area contributed by atoms with E-state index >= 15 is 0 Å². The Morgan fingerprint density at radius 2 is 1.57 bits per heavy atom. The van der Waals surface area contributed by atoms with Crippen molar-refractivity contribution in [2.24, 2.45) is 0 Å². The maximum atomic E-state index is 13.7. The first-order valence-corrected chi connectivity index (χ1v) is 15.7. The lowest BCUT2D eigenvalue weighted by Crippen LogP contribution is -2.60. The van der Waals surface area contributed by atoms with Gasteiger partial charge >= 0.3 is 0 Å². The van der Waals surface area contributed by atoms with Crippen LogP contribution in [0, 0.1) is 0 Å². The maximum absolute atomic E-state index is 13.7. The molecule has 0 aromatic heterocycles. The zero-order valence-electron chi connectivity index (χ0n) is 25.9. The van der Waals surface area contributed by atoms with Gasteiger partial charge in [0.05, 0.1) is 12.2 Å². The quantitative estimate of drug-likeness (QED) is 0.141. The van der Waals surface area contributed by atoms with E-state index in [2.05, 4.69) is 22.0 Å². The van der Waals surface area contributed by atoms with Gasteiger partial charge in [0.15, 0.2) is 5.78 Å². The zero-order valence-corrected chi connectivity index (χ0v) is 25.9. The Hall–Kier alpha value is -4.01. The Morgan fingerprint density at radius 1 is 0.894 bits per heavy atom. The number of carbonyl (C=O) groups excluding carboxylic acids is 1. The number of benzene rings is 3. The van der Waals surface area contributed by atoms with E-state index in [-0.39, 0.29) is 47.8 Å². The SMILES string of the molecule is O=C(CCc1ccc(O)cc1)c1c(O[C@@H]2O[C@H](CO)[C@@H](O)[C@H](O)[C@H]2O)cc(O)c(CN2CCN(C/C=C/c3ccccc3)CC2)c1O. The average molecular weight is 651 g/mol. The van der Waals surface area contributed by atoms with Crippen LogP contribution in [0.5, 0.6) is 23.0 Å². The molecule has 0 saturated carbocycles. The summed E-state index contributed by atoms with van der Waals surface area (Å²) in [5.41, 5.74) is 1.79. The molecule has 5 atom stereocenters. The largest absolute Gasteiger partial charge is 0.508 e. The van der Waals surface area contributed by atoms with Crippen molar-refractivity contribution in [1.82, 2.24) is 9.80 Å². The molecule has 2 saturated heterocycles. The van der Waals surface area contributed by atoms with Gasteiger partial charge in [0.25, 0.3) is 0 Å². The van der Waals surface area contributed by atoms with Crippen molar-refractivity contribution in [3.05, 3.63) is 89.0 Å². The number of rotatable bonds is 12. The summed E-state index contributed by atoms with van der Waals surface area (Å²) < 4.78 is 11.2. The molecule has 0 aliphatic carbocycles. The number of phenolic OH excluding ortho intramolecular Hbond substituents is 3. The molecule has 0 spiro atoms. The molecular weight excluding hydrogens is 608 g/mol. The van der Waals surface area contributed by atoms with Crippen LogP contribution in [0.2, 0.25) is 0 Å². The Kier molecular flexibility index (Phi) is 11.5. The normalized spacial score (nSPS) is 24.0. The number of hydrogen-bond donors (Lipinski definition) is 7. The van der Waals surface area contributed by atoms with Crippen molar-refractivity contribution >= 4 is 11.9 Å². The summed E-state index contributed by atoms with van der Waals surface area (Å²) in [6, 6.07) is 17.6. The summed E-state index contributed by atoms with van der Waals surface area (Å²) in [6.45, 7) is 3.09. The van der Waals surface area contributed by atoms with Crippen LogP contribution in [0.4, 0.5) is 0 Å². The van der Waals surface area contributed by atoms with E-state index in [1.165, 1.54) is 12.1 Å². The average Bonchev–Trinajstić information content (AvgIpc) is 3.07. The highest BCUT2D eigenvalue weighted by molar-refractivity contribution is 6.02. The van der Waals surface area contributed by atoms with Gasteiger partial charge in [0.2, 0.25) is 6.29 Å². The summed E-state index contributed by atoms with van der Waals surface area (Å²) in [5, 5.41) is 72.6. The molecule has 5 rings (SSSR count). The number of aryl methyl sites for hydroxylation is 1. The molecule has 3 aromatic carbocycles. The van der Waals surface area contributed by atoms with Gasteiger partial charge in [-0.15, -0.1) is 0 Å². The van der Waals surface area contributed by atoms with E-state index in [0.29, 0.717) is 13.1 Å². The lowest BCUT2D eigenvalue weighted by atomic mass is 9.97. The summed E-state index contributed by atoms with van der Waals surface area (Å²) in [7, 11) is 0. The van der Waals surface area contributed by atoms with Crippen LogP contribution in [-0.2, 0) is 17.7 Å². The van der Waals surface area contributed by atoms with Crippen LogP contribution < -0.4 is 4.74 Å². The summed E-state index contributed by atoms with van der Waals surface area (Å²) in [6.07, 6.45) is -3.61. The van der Waals surface area contributed by atoms with Crippen LogP contribution in [0.1, 0.15) is 33.5 Å². The van der Waals surface area contributed by atoms with E-state index in [4.69, 9.17) is 9.47 Å². The maximum Gasteiger partial charge on any atom is 0.229 e. The molecule has 252 valence electrons. The van der Waals surface area contributed by atoms with E-state index in [1.807, 2.05) is 30.3 Å². The van der Waals surface area contributed by atoms with Crippen LogP contribution in [-0.4, -0.2) is 121 Å². The summed E-state index contributed by atoms with van der Waals surface area (Å²) in [5.74, 6) is -1.55. The Morgan fingerprint density at radius 3 is 2.26 bits per heavy atom. The van der Waals surface area contributed by atoms with Crippen molar-refractivity contribution in [1.29, 1.82) is 0 Å². The summed E-state index contributed by atoms with van der Waals surface area (Å²) in [4.78, 5) is 18.0. The monoisotopic (exact) mass is 650 g/mol. The molecule has 12 nitrogen and oxygen atoms in total. The highest BCUT2D eigenvalue weighted by Crippen LogP contribution is 2.41. The Balaban J connectivity index is 1.33. The van der Waals surface area contributed by atoms with Gasteiger partial charge in [-0.1, -0.05) is 54.6 Å². The molecule has 2 aliphatic heterocycles. The molecule has 3 aromatic rings. The second kappa shape index (κ2) is 15.7. The predicted octanol–water partition coefficient (Wildman–Crippen LogP) is 1.63. The van der Waals surface area contributed by atoms with E-state index in [1.54, 1.807) is 12.1 Å². The highest BCUT2D eigenvalue weighted by Gasteiger charge is 2.45. The van der Waals surface area contributed by atoms with Crippen LogP contribution in [0.3, 0.4) is 0 Å². The standard InChI is InChI=1S/C35H42N2O10/c38-21-29-32(43)33(44)34(45)35(47-29)46-28-19-27(41)25(31(42)30(28)26(40)13-10-23-8-11-24(39)12-9-23)20-37-17-15-36(16-18-37)14-4-7-22-5-2-1-3-6-22/h1-9,11-12,19,29,32-35,38-39,41-45H,10,13-18,20-21H2/b7-4+/t29-,32-,33+,34-,35-/m1/s1. The minimum atomic E-state index is -1.77. The number of aliphatic hydroxyl groups excluding tert-OH is 4. The smallest absolute Gasteiger partial charge is 0.229 e. The van der Waals surface area contributed by atoms with Gasteiger partial charge in [-0.25, -0.2) is 0 Å². The fourth-order valence-electron chi connectivity index (χ4n) is 5.78. The lowest BCUT2D eigenvalue weighted by molar-refractivity contribution is -0.277. The molecule has 7 N–H and O–H groups in total. The van der Waals surface area contributed by atoms with Gasteiger partial charge < -0.3 is 45.2 Å². The lowest BCUT2D eigenvalue weighted by Gasteiger charge is -2.39. The van der Waals surface area contributed by atoms with Crippen molar-refractivity contribution < 1.29 is 50.0 Å². The molecular formula is C35H42N2O10. The van der Waals surface area contributed by atoms with Crippen molar-refractivity contribution in [3.63, 3.8) is 0 Å². The van der Waals surface area contributed by atoms with Gasteiger partial charge in [-0.3, -0.25) is 14.6 Å². The number of ether oxygens (including phenoxy) is 2. The molecule has 2 heterocycles. The minimum absolute atomic E-state index is 0.0667. The third kappa shape index (κ3) is 8.48. The van der Waals surface area contributed by atoms with Crippen LogP contribution >= 0.6 is 0 Å². The van der Waals surface area contributed by atoms with E-state index < -0.39 is 48.8 Å². The van der Waals surface area contributed by atoms with Crippen molar-refractivity contribution in [3.8, 4) is 23.0 Å². The third-order valence-corrected chi connectivity index (χ3v) is 8.61. The fourth-order valence-corrected chi connectivity index (χ4v) is 5.78. The molecule has 2 aliphatic rings. The number of nitrogens with zero attached hydrogens (tertiary/aromatic N) is 2. The second-order valence-electron chi connectivity index (χ2n) is 11.9. The number of piperazine rings is 1.